The Morgan fingerprint density at radius 1 is 1.59 bits per heavy atom. The summed E-state index contributed by atoms with van der Waals surface area (Å²) >= 11 is 1.64. The first kappa shape index (κ1) is 15.6. The highest BCUT2D eigenvalue weighted by atomic mass is 32.1. The summed E-state index contributed by atoms with van der Waals surface area (Å²) in [6, 6.07) is 0. The van der Waals surface area contributed by atoms with Gasteiger partial charge < -0.3 is 10.1 Å². The molecule has 120 valence electrons. The zero-order valence-electron chi connectivity index (χ0n) is 13.2. The predicted octanol–water partition coefficient (Wildman–Crippen LogP) is 1.84. The number of hydrogen-bond acceptors (Lipinski definition) is 5. The second-order valence-electron chi connectivity index (χ2n) is 6.22. The largest absolute Gasteiger partial charge is 0.377 e. The van der Waals surface area contributed by atoms with E-state index in [1.165, 1.54) is 5.57 Å². The second-order valence-corrected chi connectivity index (χ2v) is 7.08. The van der Waals surface area contributed by atoms with Crippen molar-refractivity contribution in [1.82, 2.24) is 15.2 Å². The van der Waals surface area contributed by atoms with Crippen LogP contribution in [0.5, 0.6) is 0 Å². The van der Waals surface area contributed by atoms with Crippen LogP contribution in [0.1, 0.15) is 30.5 Å². The molecule has 0 spiro atoms. The smallest absolute Gasteiger partial charge is 0.217 e. The van der Waals surface area contributed by atoms with Gasteiger partial charge in [-0.15, -0.1) is 11.3 Å². The van der Waals surface area contributed by atoms with E-state index < -0.39 is 0 Å². The lowest BCUT2D eigenvalue weighted by Crippen LogP contribution is -2.47. The van der Waals surface area contributed by atoms with Crippen molar-refractivity contribution < 1.29 is 9.53 Å². The Balaban J connectivity index is 1.74. The molecule has 0 saturated carbocycles. The van der Waals surface area contributed by atoms with Crippen LogP contribution in [0.25, 0.3) is 0 Å². The normalized spacial score (nSPS) is 26.0. The van der Waals surface area contributed by atoms with Crippen molar-refractivity contribution in [1.29, 1.82) is 0 Å². The number of amides is 1. The van der Waals surface area contributed by atoms with Crippen LogP contribution in [0.3, 0.4) is 0 Å². The van der Waals surface area contributed by atoms with Crippen LogP contribution in [-0.2, 0) is 15.1 Å². The number of hydrogen-bond donors (Lipinski definition) is 1. The SMILES string of the molecule is CC(=O)NC1(c2nc(C)cs2)CCN(CC2=CCCOC2)C1. The lowest BCUT2D eigenvalue weighted by atomic mass is 9.99. The maximum absolute atomic E-state index is 11.7. The predicted molar refractivity (Wildman–Crippen MR) is 86.9 cm³/mol. The van der Waals surface area contributed by atoms with Gasteiger partial charge in [-0.05, 0) is 25.3 Å². The van der Waals surface area contributed by atoms with E-state index in [0.717, 1.165) is 56.4 Å². The number of carbonyl (C=O) groups excluding carboxylic acids is 1. The van der Waals surface area contributed by atoms with Crippen molar-refractivity contribution in [3.8, 4) is 0 Å². The van der Waals surface area contributed by atoms with Gasteiger partial charge in [0.1, 0.15) is 10.5 Å². The summed E-state index contributed by atoms with van der Waals surface area (Å²) < 4.78 is 5.52. The number of nitrogens with one attached hydrogen (secondary N) is 1. The lowest BCUT2D eigenvalue weighted by molar-refractivity contribution is -0.120. The number of aromatic nitrogens is 1. The first-order chi connectivity index (χ1) is 10.6. The second kappa shape index (κ2) is 6.48. The summed E-state index contributed by atoms with van der Waals surface area (Å²) in [7, 11) is 0. The molecule has 5 nitrogen and oxygen atoms in total. The molecule has 1 aromatic heterocycles. The first-order valence-electron chi connectivity index (χ1n) is 7.77. The van der Waals surface area contributed by atoms with Gasteiger partial charge in [0.15, 0.2) is 0 Å². The number of aryl methyl sites for hydroxylation is 1. The van der Waals surface area contributed by atoms with Crippen molar-refractivity contribution in [2.24, 2.45) is 0 Å². The van der Waals surface area contributed by atoms with Gasteiger partial charge in [-0.25, -0.2) is 4.98 Å². The van der Waals surface area contributed by atoms with Crippen LogP contribution in [0.4, 0.5) is 0 Å². The van der Waals surface area contributed by atoms with Gasteiger partial charge in [-0.2, -0.15) is 0 Å². The lowest BCUT2D eigenvalue weighted by Gasteiger charge is -2.29. The van der Waals surface area contributed by atoms with Crippen molar-refractivity contribution in [2.45, 2.75) is 32.2 Å². The molecule has 1 aromatic rings. The van der Waals surface area contributed by atoms with Gasteiger partial charge in [-0.1, -0.05) is 6.08 Å². The molecule has 1 atom stereocenters. The minimum absolute atomic E-state index is 0.00918. The van der Waals surface area contributed by atoms with E-state index >= 15 is 0 Å². The Kier molecular flexibility index (Phi) is 4.61. The van der Waals surface area contributed by atoms with Crippen LogP contribution in [-0.4, -0.2) is 48.6 Å². The zero-order chi connectivity index (χ0) is 15.6. The molecule has 0 radical (unpaired) electrons. The van der Waals surface area contributed by atoms with Crippen LogP contribution in [0.2, 0.25) is 0 Å². The molecule has 3 heterocycles. The highest BCUT2D eigenvalue weighted by Crippen LogP contribution is 2.34. The zero-order valence-corrected chi connectivity index (χ0v) is 14.0. The summed E-state index contributed by atoms with van der Waals surface area (Å²) in [5, 5.41) is 6.25. The minimum Gasteiger partial charge on any atom is -0.377 e. The first-order valence-corrected chi connectivity index (χ1v) is 8.65. The van der Waals surface area contributed by atoms with E-state index in [-0.39, 0.29) is 11.4 Å². The molecule has 0 bridgehead atoms. The number of carbonyl (C=O) groups is 1. The van der Waals surface area contributed by atoms with Crippen LogP contribution in [0, 0.1) is 6.92 Å². The average molecular weight is 321 g/mol. The van der Waals surface area contributed by atoms with Crippen molar-refractivity contribution in [3.05, 3.63) is 27.7 Å². The number of likely N-dealkylation sites (tertiary alicyclic amines) is 1. The maximum Gasteiger partial charge on any atom is 0.217 e. The van der Waals surface area contributed by atoms with Crippen LogP contribution in [0.15, 0.2) is 17.0 Å². The van der Waals surface area contributed by atoms with Gasteiger partial charge in [0.2, 0.25) is 5.91 Å². The molecule has 6 heteroatoms. The molecule has 3 rings (SSSR count). The molecule has 1 saturated heterocycles. The fourth-order valence-corrected chi connectivity index (χ4v) is 4.25. The van der Waals surface area contributed by atoms with Gasteiger partial charge in [-0.3, -0.25) is 9.69 Å². The molecule has 1 N–H and O–H groups in total. The fourth-order valence-electron chi connectivity index (χ4n) is 3.27. The van der Waals surface area contributed by atoms with Crippen LogP contribution >= 0.6 is 11.3 Å². The number of nitrogens with zero attached hydrogens (tertiary/aromatic N) is 2. The molecule has 1 amide bonds. The quantitative estimate of drug-likeness (QED) is 0.860. The van der Waals surface area contributed by atoms with Crippen LogP contribution < -0.4 is 5.32 Å². The average Bonchev–Trinajstić information content (AvgIpc) is 3.07. The fraction of sp³-hybridized carbons (Fsp3) is 0.625. The maximum atomic E-state index is 11.7. The van der Waals surface area contributed by atoms with E-state index in [4.69, 9.17) is 4.74 Å². The number of rotatable bonds is 4. The van der Waals surface area contributed by atoms with E-state index in [1.807, 2.05) is 6.92 Å². The molecular weight excluding hydrogens is 298 g/mol. The Morgan fingerprint density at radius 3 is 3.09 bits per heavy atom. The van der Waals surface area contributed by atoms with E-state index in [1.54, 1.807) is 18.3 Å². The summed E-state index contributed by atoms with van der Waals surface area (Å²) in [6.45, 7) is 7.86. The van der Waals surface area contributed by atoms with Crippen molar-refractivity contribution in [3.63, 3.8) is 0 Å². The molecule has 22 heavy (non-hydrogen) atoms. The Bertz CT molecular complexity index is 584. The Hall–Kier alpha value is -1.24. The molecule has 1 unspecified atom stereocenters. The monoisotopic (exact) mass is 321 g/mol. The third-order valence-electron chi connectivity index (χ3n) is 4.20. The van der Waals surface area contributed by atoms with Gasteiger partial charge in [0.05, 0.1) is 13.2 Å². The van der Waals surface area contributed by atoms with Crippen molar-refractivity contribution in [2.75, 3.05) is 32.8 Å². The topological polar surface area (TPSA) is 54.5 Å². The van der Waals surface area contributed by atoms with E-state index in [0.29, 0.717) is 0 Å². The highest BCUT2D eigenvalue weighted by molar-refractivity contribution is 7.09. The Labute approximate surface area is 135 Å². The summed E-state index contributed by atoms with van der Waals surface area (Å²) in [5.74, 6) is 0.00918. The summed E-state index contributed by atoms with van der Waals surface area (Å²) in [4.78, 5) is 18.7. The molecule has 0 aliphatic carbocycles. The standard InChI is InChI=1S/C16H23N3O2S/c1-12-10-22-15(17-12)16(18-13(2)20)5-6-19(11-16)8-14-4-3-7-21-9-14/h4,10H,3,5-9,11H2,1-2H3,(H,18,20). The summed E-state index contributed by atoms with van der Waals surface area (Å²) in [6.07, 6.45) is 4.20. The third kappa shape index (κ3) is 3.39. The summed E-state index contributed by atoms with van der Waals surface area (Å²) in [5.41, 5.74) is 2.03. The minimum atomic E-state index is -0.332. The molecule has 0 aromatic carbocycles. The Morgan fingerprint density at radius 2 is 2.45 bits per heavy atom. The van der Waals surface area contributed by atoms with Gasteiger partial charge >= 0.3 is 0 Å². The third-order valence-corrected chi connectivity index (χ3v) is 5.37. The molecule has 2 aliphatic heterocycles. The highest BCUT2D eigenvalue weighted by Gasteiger charge is 2.42. The van der Waals surface area contributed by atoms with Crippen molar-refractivity contribution >= 4 is 17.2 Å². The van der Waals surface area contributed by atoms with E-state index in [9.17, 15) is 4.79 Å². The van der Waals surface area contributed by atoms with Gasteiger partial charge in [0, 0.05) is 37.6 Å². The molecule has 1 fully saturated rings. The molecule has 2 aliphatic rings. The number of thiazole rings is 1. The molecular formula is C16H23N3O2S. The number of ether oxygens (including phenoxy) is 1. The van der Waals surface area contributed by atoms with E-state index in [2.05, 4.69) is 26.7 Å². The van der Waals surface area contributed by atoms with Gasteiger partial charge in [0.25, 0.3) is 0 Å².